The van der Waals surface area contributed by atoms with Crippen LogP contribution >= 0.6 is 11.6 Å². The number of alkyl halides is 3. The molecule has 0 aliphatic carbocycles. The van der Waals surface area contributed by atoms with Gasteiger partial charge in [-0.15, -0.1) is 0 Å². The lowest BCUT2D eigenvalue weighted by Crippen LogP contribution is -2.34. The fraction of sp³-hybridized carbons (Fsp3) is 0.357. The highest BCUT2D eigenvalue weighted by atomic mass is 35.5. The van der Waals surface area contributed by atoms with Gasteiger partial charge in [0.2, 0.25) is 5.91 Å². The fourth-order valence-corrected chi connectivity index (χ4v) is 4.03. The Balaban J connectivity index is 2.06. The molecule has 9 heteroatoms. The summed E-state index contributed by atoms with van der Waals surface area (Å²) in [5.74, 6) is -0.696. The lowest BCUT2D eigenvalue weighted by molar-refractivity contribution is -0.137. The van der Waals surface area contributed by atoms with Gasteiger partial charge in [0.15, 0.2) is 9.84 Å². The van der Waals surface area contributed by atoms with Crippen molar-refractivity contribution in [1.82, 2.24) is 5.32 Å². The SMILES string of the molecule is O=C(/C=C/c1cc(C(F)(F)F)ccc1Cl)NC1CCS(=O)(=O)C1. The van der Waals surface area contributed by atoms with Crippen molar-refractivity contribution in [3.05, 3.63) is 40.4 Å². The second-order valence-electron chi connectivity index (χ2n) is 5.18. The van der Waals surface area contributed by atoms with Crippen LogP contribution in [0.3, 0.4) is 0 Å². The van der Waals surface area contributed by atoms with Crippen LogP contribution in [0, 0.1) is 0 Å². The zero-order chi connectivity index (χ0) is 17.3. The van der Waals surface area contributed by atoms with Crippen molar-refractivity contribution in [1.29, 1.82) is 0 Å². The van der Waals surface area contributed by atoms with Gasteiger partial charge in [0, 0.05) is 17.1 Å². The Hall–Kier alpha value is -1.54. The van der Waals surface area contributed by atoms with Gasteiger partial charge in [-0.3, -0.25) is 4.79 Å². The molecular weight excluding hydrogens is 355 g/mol. The van der Waals surface area contributed by atoms with E-state index in [1.807, 2.05) is 0 Å². The molecule has 1 N–H and O–H groups in total. The Kier molecular flexibility index (Phi) is 5.05. The monoisotopic (exact) mass is 367 g/mol. The van der Waals surface area contributed by atoms with Gasteiger partial charge in [0.25, 0.3) is 0 Å². The number of hydrogen-bond acceptors (Lipinski definition) is 3. The Morgan fingerprint density at radius 3 is 2.61 bits per heavy atom. The van der Waals surface area contributed by atoms with Gasteiger partial charge >= 0.3 is 6.18 Å². The number of halogens is 4. The molecule has 23 heavy (non-hydrogen) atoms. The van der Waals surface area contributed by atoms with E-state index in [0.29, 0.717) is 6.42 Å². The highest BCUT2D eigenvalue weighted by Crippen LogP contribution is 2.32. The smallest absolute Gasteiger partial charge is 0.349 e. The molecule has 1 fully saturated rings. The van der Waals surface area contributed by atoms with Crippen molar-refractivity contribution in [2.45, 2.75) is 18.6 Å². The first-order valence-electron chi connectivity index (χ1n) is 6.62. The third-order valence-electron chi connectivity index (χ3n) is 3.32. The highest BCUT2D eigenvalue weighted by molar-refractivity contribution is 7.91. The van der Waals surface area contributed by atoms with Crippen LogP contribution in [0.15, 0.2) is 24.3 Å². The number of carbonyl (C=O) groups is 1. The molecule has 1 unspecified atom stereocenters. The van der Waals surface area contributed by atoms with Gasteiger partial charge in [-0.2, -0.15) is 13.2 Å². The zero-order valence-electron chi connectivity index (χ0n) is 11.7. The van der Waals surface area contributed by atoms with Crippen molar-refractivity contribution in [2.75, 3.05) is 11.5 Å². The maximum Gasteiger partial charge on any atom is 0.416 e. The normalized spacial score (nSPS) is 20.8. The van der Waals surface area contributed by atoms with Crippen LogP contribution in [0.1, 0.15) is 17.5 Å². The topological polar surface area (TPSA) is 63.2 Å². The molecule has 4 nitrogen and oxygen atoms in total. The van der Waals surface area contributed by atoms with Crippen LogP contribution in [0.5, 0.6) is 0 Å². The highest BCUT2D eigenvalue weighted by Gasteiger charge is 2.31. The number of benzene rings is 1. The summed E-state index contributed by atoms with van der Waals surface area (Å²) < 4.78 is 60.5. The van der Waals surface area contributed by atoms with E-state index in [1.54, 1.807) is 0 Å². The number of amides is 1. The molecule has 0 saturated carbocycles. The first-order chi connectivity index (χ1) is 10.6. The van der Waals surface area contributed by atoms with Gasteiger partial charge < -0.3 is 5.32 Å². The van der Waals surface area contributed by atoms with Gasteiger partial charge in [-0.25, -0.2) is 8.42 Å². The minimum atomic E-state index is -4.51. The maximum atomic E-state index is 12.6. The average Bonchev–Trinajstić information content (AvgIpc) is 2.75. The molecule has 1 saturated heterocycles. The number of nitrogens with one attached hydrogen (secondary N) is 1. The molecule has 126 valence electrons. The van der Waals surface area contributed by atoms with E-state index in [9.17, 15) is 26.4 Å². The molecule has 1 amide bonds. The summed E-state index contributed by atoms with van der Waals surface area (Å²) in [5.41, 5.74) is -0.820. The first-order valence-corrected chi connectivity index (χ1v) is 8.82. The quantitative estimate of drug-likeness (QED) is 0.835. The Labute approximate surface area is 136 Å². The lowest BCUT2D eigenvalue weighted by atomic mass is 10.1. The molecule has 1 atom stereocenters. The van der Waals surface area contributed by atoms with E-state index in [2.05, 4.69) is 5.32 Å². The molecule has 1 aromatic rings. The van der Waals surface area contributed by atoms with E-state index >= 15 is 0 Å². The molecule has 2 rings (SSSR count). The van der Waals surface area contributed by atoms with E-state index in [4.69, 9.17) is 11.6 Å². The predicted molar refractivity (Wildman–Crippen MR) is 80.7 cm³/mol. The molecule has 0 bridgehead atoms. The lowest BCUT2D eigenvalue weighted by Gasteiger charge is -2.09. The first kappa shape index (κ1) is 17.8. The van der Waals surface area contributed by atoms with E-state index < -0.39 is 33.5 Å². The van der Waals surface area contributed by atoms with Gasteiger partial charge in [-0.05, 0) is 36.3 Å². The molecule has 0 aromatic heterocycles. The zero-order valence-corrected chi connectivity index (χ0v) is 13.3. The minimum absolute atomic E-state index is 0.0150. The summed E-state index contributed by atoms with van der Waals surface area (Å²) in [5, 5.41) is 2.57. The number of hydrogen-bond donors (Lipinski definition) is 1. The molecule has 0 radical (unpaired) electrons. The summed E-state index contributed by atoms with van der Waals surface area (Å²) in [6.45, 7) is 0. The van der Waals surface area contributed by atoms with Gasteiger partial charge in [-0.1, -0.05) is 11.6 Å². The molecule has 1 heterocycles. The number of carbonyl (C=O) groups excluding carboxylic acids is 1. The molecule has 1 aliphatic heterocycles. The van der Waals surface area contributed by atoms with E-state index in [1.165, 1.54) is 0 Å². The second kappa shape index (κ2) is 6.52. The Bertz CT molecular complexity index is 744. The third-order valence-corrected chi connectivity index (χ3v) is 5.43. The Morgan fingerprint density at radius 1 is 1.35 bits per heavy atom. The summed E-state index contributed by atoms with van der Waals surface area (Å²) in [6, 6.07) is 2.31. The fourth-order valence-electron chi connectivity index (χ4n) is 2.17. The Morgan fingerprint density at radius 2 is 2.04 bits per heavy atom. The number of sulfone groups is 1. The van der Waals surface area contributed by atoms with Crippen LogP contribution in [0.2, 0.25) is 5.02 Å². The van der Waals surface area contributed by atoms with Crippen LogP contribution in [-0.4, -0.2) is 31.9 Å². The standard InChI is InChI=1S/C14H13ClF3NO3S/c15-12-3-2-10(14(16,17)18)7-9(12)1-4-13(20)19-11-5-6-23(21,22)8-11/h1-4,7,11H,5-6,8H2,(H,19,20)/b4-1+. The van der Waals surface area contributed by atoms with Gasteiger partial charge in [0.1, 0.15) is 0 Å². The van der Waals surface area contributed by atoms with Crippen LogP contribution < -0.4 is 5.32 Å². The van der Waals surface area contributed by atoms with Crippen LogP contribution in [-0.2, 0) is 20.8 Å². The second-order valence-corrected chi connectivity index (χ2v) is 7.81. The van der Waals surface area contributed by atoms with Crippen LogP contribution in [0.4, 0.5) is 13.2 Å². The summed E-state index contributed by atoms with van der Waals surface area (Å²) in [6.07, 6.45) is -1.98. The van der Waals surface area contributed by atoms with Crippen molar-refractivity contribution in [2.24, 2.45) is 0 Å². The van der Waals surface area contributed by atoms with Crippen molar-refractivity contribution >= 4 is 33.4 Å². The molecular formula is C14H13ClF3NO3S. The summed E-state index contributed by atoms with van der Waals surface area (Å²) >= 11 is 5.81. The average molecular weight is 368 g/mol. The largest absolute Gasteiger partial charge is 0.416 e. The summed E-state index contributed by atoms with van der Waals surface area (Å²) in [7, 11) is -3.12. The minimum Gasteiger partial charge on any atom is -0.349 e. The third kappa shape index (κ3) is 4.97. The molecule has 1 aromatic carbocycles. The summed E-state index contributed by atoms with van der Waals surface area (Å²) in [4.78, 5) is 11.7. The maximum absolute atomic E-state index is 12.6. The van der Waals surface area contributed by atoms with Gasteiger partial charge in [0.05, 0.1) is 17.1 Å². The number of rotatable bonds is 3. The predicted octanol–water partition coefficient (Wildman–Crippen LogP) is 2.68. The van der Waals surface area contributed by atoms with Crippen molar-refractivity contribution in [3.8, 4) is 0 Å². The molecule has 1 aliphatic rings. The van der Waals surface area contributed by atoms with E-state index in [-0.39, 0.29) is 22.1 Å². The van der Waals surface area contributed by atoms with Crippen molar-refractivity contribution < 1.29 is 26.4 Å². The van der Waals surface area contributed by atoms with Crippen molar-refractivity contribution in [3.63, 3.8) is 0 Å². The van der Waals surface area contributed by atoms with Crippen LogP contribution in [0.25, 0.3) is 6.08 Å². The van der Waals surface area contributed by atoms with E-state index in [0.717, 1.165) is 30.4 Å². The molecule has 0 spiro atoms.